The van der Waals surface area contributed by atoms with E-state index in [1.807, 2.05) is 6.92 Å². The molecule has 0 spiro atoms. The minimum Gasteiger partial charge on any atom is -0.465 e. The average molecular weight is 445 g/mol. The molecule has 0 aliphatic heterocycles. The molecule has 0 saturated heterocycles. The van der Waals surface area contributed by atoms with E-state index in [9.17, 15) is 9.59 Å². The van der Waals surface area contributed by atoms with Crippen LogP contribution < -0.4 is 10.1 Å². The second kappa shape index (κ2) is 9.61. The highest BCUT2D eigenvalue weighted by molar-refractivity contribution is 6.31. The van der Waals surface area contributed by atoms with Crippen molar-refractivity contribution in [3.63, 3.8) is 0 Å². The van der Waals surface area contributed by atoms with Crippen LogP contribution in [0.3, 0.4) is 0 Å². The summed E-state index contributed by atoms with van der Waals surface area (Å²) >= 11 is 11.9. The first-order valence-electron chi connectivity index (χ1n) is 8.95. The van der Waals surface area contributed by atoms with Gasteiger partial charge in [-0.3, -0.25) is 4.79 Å². The molecule has 2 aromatic carbocycles. The lowest BCUT2D eigenvalue weighted by Gasteiger charge is -2.17. The third-order valence-corrected chi connectivity index (χ3v) is 4.74. The molecule has 0 unspecified atom stereocenters. The Balaban J connectivity index is 1.78. The fourth-order valence-corrected chi connectivity index (χ4v) is 2.97. The summed E-state index contributed by atoms with van der Waals surface area (Å²) in [5.41, 5.74) is 1.51. The highest BCUT2D eigenvalue weighted by Crippen LogP contribution is 2.28. The molecule has 0 fully saturated rings. The van der Waals surface area contributed by atoms with Gasteiger partial charge in [0.1, 0.15) is 5.75 Å². The topological polar surface area (TPSA) is 77.5 Å². The first-order valence-corrected chi connectivity index (χ1v) is 9.71. The Kier molecular flexibility index (Phi) is 6.92. The lowest BCUT2D eigenvalue weighted by atomic mass is 10.1. The van der Waals surface area contributed by atoms with E-state index >= 15 is 0 Å². The van der Waals surface area contributed by atoms with Crippen LogP contribution in [0.1, 0.15) is 39.2 Å². The van der Waals surface area contributed by atoms with E-state index < -0.39 is 5.97 Å². The quantitative estimate of drug-likeness (QED) is 0.510. The maximum absolute atomic E-state index is 12.9. The molecule has 1 heterocycles. The van der Waals surface area contributed by atoms with Gasteiger partial charge in [0.05, 0.1) is 29.3 Å². The SMILES string of the molecule is COC(=O)c1ccc([C@H](C)NC(=O)c2cc(Cl)ccc2Oc2ccc(Cl)cn2)cc1. The number of carbonyl (C=O) groups is 2. The molecule has 0 radical (unpaired) electrons. The normalized spacial score (nSPS) is 11.5. The largest absolute Gasteiger partial charge is 0.465 e. The number of benzene rings is 2. The van der Waals surface area contributed by atoms with Gasteiger partial charge in [-0.05, 0) is 48.9 Å². The van der Waals surface area contributed by atoms with Gasteiger partial charge in [0.15, 0.2) is 0 Å². The van der Waals surface area contributed by atoms with Gasteiger partial charge in [0.2, 0.25) is 5.88 Å². The van der Waals surface area contributed by atoms with Crippen molar-refractivity contribution in [2.45, 2.75) is 13.0 Å². The molecule has 6 nitrogen and oxygen atoms in total. The molecule has 3 rings (SSSR count). The van der Waals surface area contributed by atoms with Gasteiger partial charge in [-0.1, -0.05) is 35.3 Å². The van der Waals surface area contributed by atoms with Crippen molar-refractivity contribution < 1.29 is 19.1 Å². The number of amides is 1. The summed E-state index contributed by atoms with van der Waals surface area (Å²) in [5, 5.41) is 3.77. The van der Waals surface area contributed by atoms with Crippen LogP contribution in [0.25, 0.3) is 0 Å². The Morgan fingerprint density at radius 1 is 1.00 bits per heavy atom. The predicted molar refractivity (Wildman–Crippen MR) is 114 cm³/mol. The summed E-state index contributed by atoms with van der Waals surface area (Å²) in [6.45, 7) is 1.83. The number of aromatic nitrogens is 1. The number of methoxy groups -OCH3 is 1. The van der Waals surface area contributed by atoms with E-state index in [2.05, 4.69) is 10.3 Å². The van der Waals surface area contributed by atoms with Crippen LogP contribution in [0, 0.1) is 0 Å². The summed E-state index contributed by atoms with van der Waals surface area (Å²) in [7, 11) is 1.32. The molecule has 3 aromatic rings. The van der Waals surface area contributed by atoms with E-state index in [4.69, 9.17) is 32.7 Å². The molecule has 1 aromatic heterocycles. The van der Waals surface area contributed by atoms with Gasteiger partial charge in [-0.2, -0.15) is 0 Å². The second-order valence-electron chi connectivity index (χ2n) is 6.37. The molecule has 30 heavy (non-hydrogen) atoms. The zero-order valence-corrected chi connectivity index (χ0v) is 17.7. The highest BCUT2D eigenvalue weighted by atomic mass is 35.5. The van der Waals surface area contributed by atoms with Crippen molar-refractivity contribution in [1.82, 2.24) is 10.3 Å². The van der Waals surface area contributed by atoms with Crippen LogP contribution in [-0.4, -0.2) is 24.0 Å². The smallest absolute Gasteiger partial charge is 0.337 e. The van der Waals surface area contributed by atoms with Gasteiger partial charge < -0.3 is 14.8 Å². The number of esters is 1. The van der Waals surface area contributed by atoms with E-state index in [1.165, 1.54) is 19.4 Å². The zero-order chi connectivity index (χ0) is 21.7. The number of rotatable bonds is 6. The van der Waals surface area contributed by atoms with Crippen molar-refractivity contribution in [1.29, 1.82) is 0 Å². The van der Waals surface area contributed by atoms with Gasteiger partial charge in [-0.15, -0.1) is 0 Å². The van der Waals surface area contributed by atoms with Gasteiger partial charge in [0.25, 0.3) is 5.91 Å². The van der Waals surface area contributed by atoms with Crippen molar-refractivity contribution in [2.75, 3.05) is 7.11 Å². The molecular formula is C22H18Cl2N2O4. The van der Waals surface area contributed by atoms with Crippen LogP contribution in [0.15, 0.2) is 60.8 Å². The van der Waals surface area contributed by atoms with Crippen molar-refractivity contribution in [3.05, 3.63) is 87.5 Å². The minimum atomic E-state index is -0.422. The van der Waals surface area contributed by atoms with Gasteiger partial charge >= 0.3 is 5.97 Å². The predicted octanol–water partition coefficient (Wildman–Crippen LogP) is 5.46. The van der Waals surface area contributed by atoms with Crippen LogP contribution in [-0.2, 0) is 4.74 Å². The molecule has 0 saturated carbocycles. The molecule has 154 valence electrons. The van der Waals surface area contributed by atoms with Crippen molar-refractivity contribution >= 4 is 35.1 Å². The van der Waals surface area contributed by atoms with Crippen LogP contribution in [0.2, 0.25) is 10.0 Å². The first kappa shape index (κ1) is 21.6. The van der Waals surface area contributed by atoms with E-state index in [0.717, 1.165) is 5.56 Å². The summed E-state index contributed by atoms with van der Waals surface area (Å²) in [4.78, 5) is 28.5. The maximum Gasteiger partial charge on any atom is 0.337 e. The van der Waals surface area contributed by atoms with Crippen molar-refractivity contribution in [3.8, 4) is 11.6 Å². The number of nitrogens with one attached hydrogen (secondary N) is 1. The first-order chi connectivity index (χ1) is 14.4. The van der Waals surface area contributed by atoms with Gasteiger partial charge in [-0.25, -0.2) is 9.78 Å². The van der Waals surface area contributed by atoms with Gasteiger partial charge in [0, 0.05) is 17.3 Å². The van der Waals surface area contributed by atoms with E-state index in [-0.39, 0.29) is 17.5 Å². The number of ether oxygens (including phenoxy) is 2. The molecule has 0 aliphatic carbocycles. The third-order valence-electron chi connectivity index (χ3n) is 4.28. The number of carbonyl (C=O) groups excluding carboxylic acids is 2. The molecule has 0 aliphatic rings. The third kappa shape index (κ3) is 5.28. The number of pyridine rings is 1. The van der Waals surface area contributed by atoms with Crippen LogP contribution in [0.5, 0.6) is 11.6 Å². The second-order valence-corrected chi connectivity index (χ2v) is 7.24. The van der Waals surface area contributed by atoms with Crippen LogP contribution in [0.4, 0.5) is 0 Å². The van der Waals surface area contributed by atoms with E-state index in [0.29, 0.717) is 27.2 Å². The molecule has 8 heteroatoms. The Hall–Kier alpha value is -3.09. The Bertz CT molecular complexity index is 1050. The van der Waals surface area contributed by atoms with E-state index in [1.54, 1.807) is 48.5 Å². The Morgan fingerprint density at radius 3 is 2.33 bits per heavy atom. The molecular weight excluding hydrogens is 427 g/mol. The average Bonchev–Trinajstić information content (AvgIpc) is 2.76. The fraction of sp³-hybridized carbons (Fsp3) is 0.136. The Labute approximate surface area is 183 Å². The fourth-order valence-electron chi connectivity index (χ4n) is 2.69. The molecule has 0 bridgehead atoms. The molecule has 1 N–H and O–H groups in total. The monoisotopic (exact) mass is 444 g/mol. The number of hydrogen-bond donors (Lipinski definition) is 1. The summed E-state index contributed by atoms with van der Waals surface area (Å²) in [6.07, 6.45) is 1.45. The molecule has 1 amide bonds. The lowest BCUT2D eigenvalue weighted by Crippen LogP contribution is -2.27. The molecule has 1 atom stereocenters. The lowest BCUT2D eigenvalue weighted by molar-refractivity contribution is 0.0600. The standard InChI is InChI=1S/C22H18Cl2N2O4/c1-13(14-3-5-15(6-4-14)22(28)29-2)26-21(27)18-11-16(23)7-9-19(18)30-20-10-8-17(24)12-25-20/h3-13H,1-2H3,(H,26,27)/t13-/m0/s1. The number of nitrogens with zero attached hydrogens (tertiary/aromatic N) is 1. The number of halogens is 2. The minimum absolute atomic E-state index is 0.261. The summed E-state index contributed by atoms with van der Waals surface area (Å²) in [5.74, 6) is -0.192. The van der Waals surface area contributed by atoms with Crippen LogP contribution >= 0.6 is 23.2 Å². The summed E-state index contributed by atoms with van der Waals surface area (Å²) < 4.78 is 10.4. The highest BCUT2D eigenvalue weighted by Gasteiger charge is 2.18. The van der Waals surface area contributed by atoms with Crippen molar-refractivity contribution in [2.24, 2.45) is 0 Å². The summed E-state index contributed by atoms with van der Waals surface area (Å²) in [6, 6.07) is 14.5. The number of hydrogen-bond acceptors (Lipinski definition) is 5. The Morgan fingerprint density at radius 2 is 1.70 bits per heavy atom. The maximum atomic E-state index is 12.9. The zero-order valence-electron chi connectivity index (χ0n) is 16.2.